The van der Waals surface area contributed by atoms with E-state index in [-0.39, 0.29) is 0 Å². The van der Waals surface area contributed by atoms with Gasteiger partial charge in [-0.3, -0.25) is 15.0 Å². The Labute approximate surface area is 131 Å². The number of rotatable bonds is 4. The van der Waals surface area contributed by atoms with Crippen LogP contribution in [0.5, 0.6) is 0 Å². The van der Waals surface area contributed by atoms with Gasteiger partial charge in [-0.05, 0) is 31.5 Å². The Kier molecular flexibility index (Phi) is 5.03. The molecule has 2 N–H and O–H groups in total. The summed E-state index contributed by atoms with van der Waals surface area (Å²) >= 11 is 0. The molecule has 0 saturated carbocycles. The number of likely N-dealkylation sites (N-methyl/N-ethyl adjacent to an activating group) is 1. The van der Waals surface area contributed by atoms with Crippen LogP contribution >= 0.6 is 0 Å². The minimum atomic E-state index is -0.492. The van der Waals surface area contributed by atoms with E-state index in [1.165, 1.54) is 11.8 Å². The summed E-state index contributed by atoms with van der Waals surface area (Å²) in [5, 5.41) is 5.71. The molecule has 0 aromatic carbocycles. The number of fused-ring (bicyclic) bond motifs is 1. The molecule has 2 saturated heterocycles. The fourth-order valence-electron chi connectivity index (χ4n) is 2.99. The molecule has 22 heavy (non-hydrogen) atoms. The highest BCUT2D eigenvalue weighted by Gasteiger charge is 2.37. The van der Waals surface area contributed by atoms with Gasteiger partial charge in [0.05, 0.1) is 0 Å². The van der Waals surface area contributed by atoms with Gasteiger partial charge in [0.15, 0.2) is 0 Å². The minimum absolute atomic E-state index is 0.394. The second-order valence-electron chi connectivity index (χ2n) is 5.76. The van der Waals surface area contributed by atoms with Crippen LogP contribution in [0.15, 0.2) is 36.7 Å². The van der Waals surface area contributed by atoms with E-state index in [1.54, 1.807) is 13.1 Å². The molecular formula is C16H24N4O2. The number of imide groups is 1. The average molecular weight is 304 g/mol. The molecule has 2 unspecified atom stereocenters. The van der Waals surface area contributed by atoms with Crippen LogP contribution in [-0.2, 0) is 4.79 Å². The monoisotopic (exact) mass is 304 g/mol. The lowest BCUT2D eigenvalue weighted by Crippen LogP contribution is -2.38. The first-order chi connectivity index (χ1) is 10.4. The SMILES string of the molecule is C=C(/C=C\C(=C)N1CCC2NCCC21)N(C)C(=O)NC(C)=O. The summed E-state index contributed by atoms with van der Waals surface area (Å²) in [5.74, 6) is -0.394. The number of hydrogen-bond donors (Lipinski definition) is 2. The number of urea groups is 1. The number of amides is 3. The van der Waals surface area contributed by atoms with Crippen LogP contribution in [0.2, 0.25) is 0 Å². The van der Waals surface area contributed by atoms with E-state index in [4.69, 9.17) is 0 Å². The van der Waals surface area contributed by atoms with E-state index in [0.29, 0.717) is 17.8 Å². The molecule has 2 aliphatic heterocycles. The number of nitrogens with one attached hydrogen (secondary N) is 2. The molecule has 2 atom stereocenters. The Bertz CT molecular complexity index is 526. The Hall–Kier alpha value is -2.08. The van der Waals surface area contributed by atoms with Crippen molar-refractivity contribution in [2.45, 2.75) is 31.8 Å². The smallest absolute Gasteiger partial charge is 0.328 e. The lowest BCUT2D eigenvalue weighted by Gasteiger charge is -2.26. The zero-order chi connectivity index (χ0) is 16.3. The number of allylic oxidation sites excluding steroid dienone is 2. The number of carbonyl (C=O) groups excluding carboxylic acids is 2. The lowest BCUT2D eigenvalue weighted by atomic mass is 10.1. The topological polar surface area (TPSA) is 64.7 Å². The second-order valence-corrected chi connectivity index (χ2v) is 5.76. The van der Waals surface area contributed by atoms with E-state index in [9.17, 15) is 9.59 Å². The number of hydrogen-bond acceptors (Lipinski definition) is 4. The number of nitrogens with zero attached hydrogens (tertiary/aromatic N) is 2. The summed E-state index contributed by atoms with van der Waals surface area (Å²) in [6.45, 7) is 11.3. The predicted octanol–water partition coefficient (Wildman–Crippen LogP) is 1.19. The van der Waals surface area contributed by atoms with Crippen molar-refractivity contribution in [2.24, 2.45) is 0 Å². The zero-order valence-corrected chi connectivity index (χ0v) is 13.3. The molecule has 6 heteroatoms. The highest BCUT2D eigenvalue weighted by atomic mass is 16.2. The van der Waals surface area contributed by atoms with Crippen molar-refractivity contribution < 1.29 is 9.59 Å². The third kappa shape index (κ3) is 3.57. The van der Waals surface area contributed by atoms with Crippen LogP contribution in [-0.4, -0.2) is 54.0 Å². The summed E-state index contributed by atoms with van der Waals surface area (Å²) in [7, 11) is 1.57. The van der Waals surface area contributed by atoms with E-state index in [2.05, 4.69) is 28.7 Å². The Morgan fingerprint density at radius 2 is 2.05 bits per heavy atom. The lowest BCUT2D eigenvalue weighted by molar-refractivity contribution is -0.118. The van der Waals surface area contributed by atoms with Gasteiger partial charge >= 0.3 is 6.03 Å². The third-order valence-corrected chi connectivity index (χ3v) is 4.25. The zero-order valence-electron chi connectivity index (χ0n) is 13.3. The van der Waals surface area contributed by atoms with E-state index < -0.39 is 11.9 Å². The molecule has 0 bridgehead atoms. The molecule has 0 radical (unpaired) electrons. The molecule has 6 nitrogen and oxygen atoms in total. The van der Waals surface area contributed by atoms with Gasteiger partial charge in [-0.15, -0.1) is 0 Å². The van der Waals surface area contributed by atoms with Crippen molar-refractivity contribution in [3.8, 4) is 0 Å². The van der Waals surface area contributed by atoms with Crippen molar-refractivity contribution in [3.05, 3.63) is 36.7 Å². The Morgan fingerprint density at radius 1 is 1.32 bits per heavy atom. The van der Waals surface area contributed by atoms with Crippen molar-refractivity contribution in [2.75, 3.05) is 20.1 Å². The molecule has 3 amide bonds. The number of likely N-dealkylation sites (tertiary alicyclic amines) is 1. The summed E-state index contributed by atoms with van der Waals surface area (Å²) in [4.78, 5) is 26.2. The van der Waals surface area contributed by atoms with Crippen molar-refractivity contribution in [3.63, 3.8) is 0 Å². The van der Waals surface area contributed by atoms with Gasteiger partial charge in [-0.2, -0.15) is 0 Å². The van der Waals surface area contributed by atoms with Gasteiger partial charge < -0.3 is 10.2 Å². The van der Waals surface area contributed by atoms with Crippen molar-refractivity contribution in [1.29, 1.82) is 0 Å². The molecule has 0 aliphatic carbocycles. The fraction of sp³-hybridized carbons (Fsp3) is 0.500. The highest BCUT2D eigenvalue weighted by Crippen LogP contribution is 2.28. The minimum Gasteiger partial charge on any atom is -0.367 e. The summed E-state index contributed by atoms with van der Waals surface area (Å²) in [6, 6.07) is 0.593. The normalized spacial score (nSPS) is 23.5. The molecule has 0 aromatic heterocycles. The quantitative estimate of drug-likeness (QED) is 0.766. The van der Waals surface area contributed by atoms with Crippen LogP contribution in [0.4, 0.5) is 4.79 Å². The number of carbonyl (C=O) groups is 2. The molecule has 2 aliphatic rings. The molecule has 0 aromatic rings. The third-order valence-electron chi connectivity index (χ3n) is 4.25. The maximum atomic E-state index is 11.7. The van der Waals surface area contributed by atoms with Crippen LogP contribution < -0.4 is 10.6 Å². The van der Waals surface area contributed by atoms with Crippen LogP contribution in [0.25, 0.3) is 0 Å². The van der Waals surface area contributed by atoms with Gasteiger partial charge in [-0.25, -0.2) is 4.79 Å². The van der Waals surface area contributed by atoms with Crippen LogP contribution in [0.1, 0.15) is 19.8 Å². The Morgan fingerprint density at radius 3 is 2.73 bits per heavy atom. The first-order valence-electron chi connectivity index (χ1n) is 7.51. The van der Waals surface area contributed by atoms with Gasteiger partial charge in [0.2, 0.25) is 5.91 Å². The molecule has 2 rings (SSSR count). The first-order valence-corrected chi connectivity index (χ1v) is 7.51. The standard InChI is InChI=1S/C16H24N4O2/c1-11(19(4)16(22)18-13(3)21)5-6-12(2)20-10-8-14-15(20)7-9-17-14/h5-6,14-15,17H,1-2,7-10H2,3-4H3,(H,18,21,22)/b6-5-. The largest absolute Gasteiger partial charge is 0.367 e. The fourth-order valence-corrected chi connectivity index (χ4v) is 2.99. The highest BCUT2D eigenvalue weighted by molar-refractivity contribution is 5.93. The average Bonchev–Trinajstić information content (AvgIpc) is 3.05. The van der Waals surface area contributed by atoms with E-state index in [1.807, 2.05) is 6.08 Å². The van der Waals surface area contributed by atoms with Crippen LogP contribution in [0.3, 0.4) is 0 Å². The van der Waals surface area contributed by atoms with Crippen molar-refractivity contribution >= 4 is 11.9 Å². The summed E-state index contributed by atoms with van der Waals surface area (Å²) in [6.07, 6.45) is 5.90. The van der Waals surface area contributed by atoms with Gasteiger partial charge in [-0.1, -0.05) is 13.2 Å². The maximum absolute atomic E-state index is 11.7. The van der Waals surface area contributed by atoms with E-state index >= 15 is 0 Å². The summed E-state index contributed by atoms with van der Waals surface area (Å²) < 4.78 is 0. The van der Waals surface area contributed by atoms with Crippen LogP contribution in [0, 0.1) is 0 Å². The molecule has 2 fully saturated rings. The molecule has 2 heterocycles. The molecule has 120 valence electrons. The Balaban J connectivity index is 1.90. The maximum Gasteiger partial charge on any atom is 0.328 e. The predicted molar refractivity (Wildman–Crippen MR) is 85.9 cm³/mol. The first kappa shape index (κ1) is 16.3. The van der Waals surface area contributed by atoms with Gasteiger partial charge in [0, 0.05) is 44.0 Å². The second kappa shape index (κ2) is 6.79. The molecule has 0 spiro atoms. The van der Waals surface area contributed by atoms with Gasteiger partial charge in [0.25, 0.3) is 0 Å². The van der Waals surface area contributed by atoms with Crippen molar-refractivity contribution in [1.82, 2.24) is 20.4 Å². The van der Waals surface area contributed by atoms with Gasteiger partial charge in [0.1, 0.15) is 0 Å². The summed E-state index contributed by atoms with van der Waals surface area (Å²) in [5.41, 5.74) is 1.43. The molecular weight excluding hydrogens is 280 g/mol. The van der Waals surface area contributed by atoms with E-state index in [0.717, 1.165) is 31.6 Å².